The van der Waals surface area contributed by atoms with Crippen LogP contribution in [0.3, 0.4) is 0 Å². The first-order valence-electron chi connectivity index (χ1n) is 14.8. The Morgan fingerprint density at radius 2 is 1.65 bits per heavy atom. The highest BCUT2D eigenvalue weighted by Gasteiger charge is 2.39. The van der Waals surface area contributed by atoms with Crippen LogP contribution < -0.4 is 9.47 Å². The molecule has 1 aliphatic heterocycles. The number of carbonyl (C=O) groups excluding carboxylic acids is 1. The fraction of sp³-hybridized carbons (Fsp3) is 0.412. The quantitative estimate of drug-likeness (QED) is 0.275. The SMILES string of the molecule is COc1cc(C=C2SC(=NC3CCCCC3)N(C3CCCCC3)C2=O)ccc1OCc1cccc2ccccc12. The molecule has 0 atom stereocenters. The highest BCUT2D eigenvalue weighted by atomic mass is 32.2. The second kappa shape index (κ2) is 12.5. The zero-order valence-electron chi connectivity index (χ0n) is 23.3. The van der Waals surface area contributed by atoms with Crippen molar-refractivity contribution in [3.05, 3.63) is 76.7 Å². The minimum atomic E-state index is 0.0988. The van der Waals surface area contributed by atoms with Crippen molar-refractivity contribution in [2.45, 2.75) is 82.9 Å². The number of benzene rings is 3. The average Bonchev–Trinajstić information content (AvgIpc) is 3.30. The number of aliphatic imine (C=N–C) groups is 1. The molecular formula is C34H38N2O3S. The lowest BCUT2D eigenvalue weighted by molar-refractivity contribution is -0.124. The topological polar surface area (TPSA) is 51.1 Å². The van der Waals surface area contributed by atoms with Gasteiger partial charge in [-0.15, -0.1) is 0 Å². The highest BCUT2D eigenvalue weighted by Crippen LogP contribution is 2.39. The van der Waals surface area contributed by atoms with Crippen molar-refractivity contribution in [1.82, 2.24) is 4.90 Å². The summed E-state index contributed by atoms with van der Waals surface area (Å²) in [4.78, 5) is 21.7. The van der Waals surface area contributed by atoms with E-state index in [2.05, 4.69) is 42.5 Å². The fourth-order valence-corrected chi connectivity index (χ4v) is 7.33. The van der Waals surface area contributed by atoms with Gasteiger partial charge in [0.05, 0.1) is 18.1 Å². The van der Waals surface area contributed by atoms with Crippen LogP contribution in [0.15, 0.2) is 70.6 Å². The van der Waals surface area contributed by atoms with Crippen LogP contribution in [0.2, 0.25) is 0 Å². The van der Waals surface area contributed by atoms with Crippen LogP contribution in [0.1, 0.15) is 75.3 Å². The number of hydrogen-bond acceptors (Lipinski definition) is 5. The number of nitrogens with zero attached hydrogens (tertiary/aromatic N) is 2. The van der Waals surface area contributed by atoms with Crippen molar-refractivity contribution < 1.29 is 14.3 Å². The molecule has 3 aromatic carbocycles. The number of hydrogen-bond donors (Lipinski definition) is 0. The molecule has 2 saturated carbocycles. The Balaban J connectivity index is 1.23. The van der Waals surface area contributed by atoms with Gasteiger partial charge in [-0.25, -0.2) is 0 Å². The van der Waals surface area contributed by atoms with Gasteiger partial charge in [-0.1, -0.05) is 87.1 Å². The Kier molecular flexibility index (Phi) is 8.43. The summed E-state index contributed by atoms with van der Waals surface area (Å²) in [5.41, 5.74) is 2.06. The van der Waals surface area contributed by atoms with Gasteiger partial charge < -0.3 is 9.47 Å². The second-order valence-corrected chi connectivity index (χ2v) is 12.1. The normalized spacial score (nSPS) is 21.0. The van der Waals surface area contributed by atoms with Crippen LogP contribution in [-0.2, 0) is 11.4 Å². The summed E-state index contributed by atoms with van der Waals surface area (Å²) in [6.07, 6.45) is 13.8. The molecular weight excluding hydrogens is 516 g/mol. The molecule has 0 spiro atoms. The summed E-state index contributed by atoms with van der Waals surface area (Å²) >= 11 is 1.55. The molecule has 6 rings (SSSR count). The molecule has 1 saturated heterocycles. The Hall–Kier alpha value is -3.25. The van der Waals surface area contributed by atoms with E-state index < -0.39 is 0 Å². The van der Waals surface area contributed by atoms with E-state index in [1.807, 2.05) is 29.2 Å². The van der Waals surface area contributed by atoms with Gasteiger partial charge in [0, 0.05) is 6.04 Å². The number of amidine groups is 1. The zero-order chi connectivity index (χ0) is 27.3. The van der Waals surface area contributed by atoms with Gasteiger partial charge in [-0.3, -0.25) is 14.7 Å². The maximum atomic E-state index is 13.7. The molecule has 208 valence electrons. The third-order valence-corrected chi connectivity index (χ3v) is 9.39. The van der Waals surface area contributed by atoms with E-state index in [4.69, 9.17) is 14.5 Å². The van der Waals surface area contributed by atoms with E-state index in [-0.39, 0.29) is 11.9 Å². The molecule has 6 heteroatoms. The molecule has 40 heavy (non-hydrogen) atoms. The highest BCUT2D eigenvalue weighted by molar-refractivity contribution is 8.18. The van der Waals surface area contributed by atoms with Gasteiger partial charge in [0.15, 0.2) is 16.7 Å². The number of methoxy groups -OCH3 is 1. The molecule has 0 bridgehead atoms. The molecule has 0 N–H and O–H groups in total. The maximum absolute atomic E-state index is 13.7. The molecule has 1 amide bonds. The Morgan fingerprint density at radius 1 is 0.900 bits per heavy atom. The van der Waals surface area contributed by atoms with E-state index in [1.165, 1.54) is 49.3 Å². The minimum Gasteiger partial charge on any atom is -0.493 e. The van der Waals surface area contributed by atoms with E-state index in [0.717, 1.165) is 46.9 Å². The van der Waals surface area contributed by atoms with Gasteiger partial charge in [-0.05, 0) is 77.6 Å². The average molecular weight is 555 g/mol. The predicted molar refractivity (Wildman–Crippen MR) is 165 cm³/mol. The number of amides is 1. The fourth-order valence-electron chi connectivity index (χ4n) is 6.22. The van der Waals surface area contributed by atoms with Gasteiger partial charge >= 0.3 is 0 Å². The van der Waals surface area contributed by atoms with Crippen molar-refractivity contribution >= 4 is 39.7 Å². The smallest absolute Gasteiger partial charge is 0.266 e. The van der Waals surface area contributed by atoms with Gasteiger partial charge in [0.1, 0.15) is 6.61 Å². The Labute approximate surface area is 241 Å². The zero-order valence-corrected chi connectivity index (χ0v) is 24.1. The van der Waals surface area contributed by atoms with Crippen LogP contribution in [-0.4, -0.2) is 35.2 Å². The summed E-state index contributed by atoms with van der Waals surface area (Å²) < 4.78 is 11.9. The first kappa shape index (κ1) is 26.9. The van der Waals surface area contributed by atoms with Crippen LogP contribution in [0.5, 0.6) is 11.5 Å². The van der Waals surface area contributed by atoms with Crippen molar-refractivity contribution in [3.8, 4) is 11.5 Å². The lowest BCUT2D eigenvalue weighted by atomic mass is 9.94. The number of fused-ring (bicyclic) bond motifs is 1. The van der Waals surface area contributed by atoms with Crippen LogP contribution in [0, 0.1) is 0 Å². The first-order chi connectivity index (χ1) is 19.7. The van der Waals surface area contributed by atoms with Crippen LogP contribution >= 0.6 is 11.8 Å². The van der Waals surface area contributed by atoms with Gasteiger partial charge in [0.25, 0.3) is 5.91 Å². The van der Waals surface area contributed by atoms with E-state index in [1.54, 1.807) is 18.9 Å². The molecule has 5 nitrogen and oxygen atoms in total. The number of carbonyl (C=O) groups is 1. The summed E-state index contributed by atoms with van der Waals surface area (Å²) in [7, 11) is 1.66. The minimum absolute atomic E-state index is 0.0988. The van der Waals surface area contributed by atoms with Crippen molar-refractivity contribution in [2.75, 3.05) is 7.11 Å². The summed E-state index contributed by atoms with van der Waals surface area (Å²) in [5, 5.41) is 3.30. The molecule has 3 aromatic rings. The van der Waals surface area contributed by atoms with E-state index >= 15 is 0 Å². The molecule has 0 aromatic heterocycles. The summed E-state index contributed by atoms with van der Waals surface area (Å²) in [6, 6.07) is 21.1. The van der Waals surface area contributed by atoms with Crippen molar-refractivity contribution in [2.24, 2.45) is 4.99 Å². The number of ether oxygens (including phenoxy) is 2. The lowest BCUT2D eigenvalue weighted by Gasteiger charge is -2.31. The standard InChI is InChI=1S/C34H38N2O3S/c1-38-31-21-24(19-20-30(31)39-23-26-13-10-12-25-11-8-9-18-29(25)26)22-32-33(37)36(28-16-6-3-7-17-28)34(40-32)35-27-14-4-2-5-15-27/h8-13,18-22,27-28H,2-7,14-17,23H2,1H3. The van der Waals surface area contributed by atoms with Crippen molar-refractivity contribution in [3.63, 3.8) is 0 Å². The number of rotatable bonds is 7. The van der Waals surface area contributed by atoms with Gasteiger partial charge in [0.2, 0.25) is 0 Å². The molecule has 0 unspecified atom stereocenters. The second-order valence-electron chi connectivity index (χ2n) is 11.1. The monoisotopic (exact) mass is 554 g/mol. The Morgan fingerprint density at radius 3 is 2.45 bits per heavy atom. The summed E-state index contributed by atoms with van der Waals surface area (Å²) in [6.45, 7) is 0.448. The largest absolute Gasteiger partial charge is 0.493 e. The number of thioether (sulfide) groups is 1. The van der Waals surface area contributed by atoms with Crippen molar-refractivity contribution in [1.29, 1.82) is 0 Å². The first-order valence-corrected chi connectivity index (χ1v) is 15.6. The third-order valence-electron chi connectivity index (χ3n) is 8.39. The lowest BCUT2D eigenvalue weighted by Crippen LogP contribution is -2.41. The van der Waals surface area contributed by atoms with Gasteiger partial charge in [-0.2, -0.15) is 0 Å². The van der Waals surface area contributed by atoms with E-state index in [0.29, 0.717) is 24.1 Å². The maximum Gasteiger partial charge on any atom is 0.266 e. The predicted octanol–water partition coefficient (Wildman–Crippen LogP) is 8.37. The molecule has 3 fully saturated rings. The Bertz CT molecular complexity index is 1410. The molecule has 0 radical (unpaired) electrons. The molecule has 2 aliphatic carbocycles. The third kappa shape index (κ3) is 5.92. The summed E-state index contributed by atoms with van der Waals surface area (Å²) in [5.74, 6) is 1.44. The molecule has 3 aliphatic rings. The van der Waals surface area contributed by atoms with Crippen LogP contribution in [0.25, 0.3) is 16.8 Å². The molecule has 1 heterocycles. The van der Waals surface area contributed by atoms with E-state index in [9.17, 15) is 4.79 Å². The van der Waals surface area contributed by atoms with Crippen LogP contribution in [0.4, 0.5) is 0 Å².